The van der Waals surface area contributed by atoms with Crippen LogP contribution in [0.15, 0.2) is 48.0 Å². The van der Waals surface area contributed by atoms with Crippen LogP contribution >= 0.6 is 0 Å². The summed E-state index contributed by atoms with van der Waals surface area (Å²) in [6.45, 7) is 11.5. The predicted molar refractivity (Wildman–Crippen MR) is 332 cm³/mol. The number of nitrogens with zero attached hydrogens (tertiary/aromatic N) is 2. The largest absolute Gasteiger partial charge is 0.493 e. The molecule has 2 aromatic rings. The molecule has 2 heteroatoms. The van der Waals surface area contributed by atoms with Gasteiger partial charge in [0, 0.05) is 22.8 Å². The molecule has 0 unspecified atom stereocenters. The normalized spacial score (nSPS) is 12.8. The van der Waals surface area contributed by atoms with Crippen molar-refractivity contribution in [1.82, 2.24) is 0 Å². The smallest absolute Gasteiger partial charge is 0.210 e. The maximum absolute atomic E-state index is 12.5. The second kappa shape index (κ2) is 46.6. The molecule has 74 heavy (non-hydrogen) atoms. The van der Waals surface area contributed by atoms with Crippen molar-refractivity contribution in [3.05, 3.63) is 87.0 Å². The van der Waals surface area contributed by atoms with E-state index in [9.17, 15) is 5.53 Å². The average molecular weight is 1020 g/mol. The third-order valence-electron chi connectivity index (χ3n) is 16.8. The Kier molecular flexibility index (Phi) is 41.4. The minimum atomic E-state index is 0.982. The lowest BCUT2D eigenvalue weighted by atomic mass is 9.94. The van der Waals surface area contributed by atoms with Gasteiger partial charge in [-0.25, -0.2) is 4.70 Å². The maximum Gasteiger partial charge on any atom is 0.210 e. The van der Waals surface area contributed by atoms with Crippen LogP contribution in [0.5, 0.6) is 0 Å². The summed E-state index contributed by atoms with van der Waals surface area (Å²) >= 11 is 0. The van der Waals surface area contributed by atoms with Gasteiger partial charge in [0.2, 0.25) is 11.4 Å². The number of aryl methyl sites for hydroxylation is 4. The Bertz CT molecular complexity index is 1620. The Morgan fingerprint density at radius 1 is 0.257 bits per heavy atom. The van der Waals surface area contributed by atoms with Gasteiger partial charge < -0.3 is 5.53 Å². The van der Waals surface area contributed by atoms with Crippen LogP contribution in [0, 0.1) is 0 Å². The third kappa shape index (κ3) is 31.7. The molecule has 1 aliphatic heterocycles. The van der Waals surface area contributed by atoms with Gasteiger partial charge in [-0.05, 0) is 111 Å². The molecule has 0 radical (unpaired) electrons. The summed E-state index contributed by atoms with van der Waals surface area (Å²) in [7, 11) is 0. The predicted octanol–water partition coefficient (Wildman–Crippen LogP) is 25.1. The molecule has 0 amide bonds. The first-order valence-corrected chi connectivity index (χ1v) is 33.7. The van der Waals surface area contributed by atoms with Crippen LogP contribution in [0.1, 0.15) is 370 Å². The van der Waals surface area contributed by atoms with E-state index in [4.69, 9.17) is 0 Å². The lowest BCUT2D eigenvalue weighted by molar-refractivity contribution is -0.344. The van der Waals surface area contributed by atoms with E-state index in [0.29, 0.717) is 0 Å². The van der Waals surface area contributed by atoms with Crippen LogP contribution in [0.3, 0.4) is 0 Å². The Morgan fingerprint density at radius 3 is 0.770 bits per heavy atom. The average Bonchev–Trinajstić information content (AvgIpc) is 3.74. The number of rotatable bonds is 53. The topological polar surface area (TPSA) is 25.3 Å². The summed E-state index contributed by atoms with van der Waals surface area (Å²) in [4.78, 5) is 0. The van der Waals surface area contributed by atoms with E-state index in [1.807, 2.05) is 0 Å². The standard InChI is InChI=1S/C72H124N2/c1-6-11-16-19-22-24-26-28-30-32-34-36-38-40-42-44-46-49-54-66-58-67(55-50-47-45-43-41-39-37-35-33-31-29-27-25-23-20-17-12-7-2)62-70(61-66)72-68(56-51-48-21-18-13-8-3)63-71(74(72)73)69-59-64(52-14-9-4)57-65(60-69)53-15-10-5/h57-63H,6-56H2,1-5H3. The van der Waals surface area contributed by atoms with E-state index in [0.717, 1.165) is 43.5 Å². The van der Waals surface area contributed by atoms with Crippen molar-refractivity contribution < 1.29 is 4.70 Å². The quantitative estimate of drug-likeness (QED) is 0.0466. The third-order valence-corrected chi connectivity index (χ3v) is 16.8. The molecule has 3 rings (SSSR count). The van der Waals surface area contributed by atoms with Crippen LogP contribution in [0.4, 0.5) is 0 Å². The van der Waals surface area contributed by atoms with Crippen molar-refractivity contribution in [2.45, 2.75) is 362 Å². The molecule has 0 aliphatic carbocycles. The Morgan fingerprint density at radius 2 is 0.486 bits per heavy atom. The van der Waals surface area contributed by atoms with Crippen molar-refractivity contribution >= 4 is 11.4 Å². The zero-order chi connectivity index (χ0) is 52.8. The number of allylic oxidation sites excluding steroid dienone is 2. The molecule has 0 spiro atoms. The Labute approximate surface area is 462 Å². The van der Waals surface area contributed by atoms with E-state index in [1.165, 1.54) is 334 Å². The van der Waals surface area contributed by atoms with Gasteiger partial charge >= 0.3 is 0 Å². The summed E-state index contributed by atoms with van der Waals surface area (Å²) in [6.07, 6.45) is 71.5. The molecule has 1 heterocycles. The fourth-order valence-electron chi connectivity index (χ4n) is 12.0. The molecular weight excluding hydrogens is 893 g/mol. The van der Waals surface area contributed by atoms with Gasteiger partial charge in [0.15, 0.2) is 0 Å². The van der Waals surface area contributed by atoms with Crippen LogP contribution in [0.25, 0.3) is 16.9 Å². The van der Waals surface area contributed by atoms with Crippen molar-refractivity contribution in [2.75, 3.05) is 0 Å². The first-order valence-electron chi connectivity index (χ1n) is 33.7. The zero-order valence-corrected chi connectivity index (χ0v) is 50.5. The van der Waals surface area contributed by atoms with Crippen molar-refractivity contribution in [1.29, 1.82) is 0 Å². The molecule has 0 saturated carbocycles. The molecule has 1 aliphatic rings. The molecule has 0 saturated heterocycles. The van der Waals surface area contributed by atoms with Gasteiger partial charge in [-0.3, -0.25) is 0 Å². The van der Waals surface area contributed by atoms with Crippen molar-refractivity contribution in [3.63, 3.8) is 0 Å². The highest BCUT2D eigenvalue weighted by molar-refractivity contribution is 5.79. The fraction of sp³-hybridized carbons (Fsp3) is 0.778. The maximum atomic E-state index is 12.5. The van der Waals surface area contributed by atoms with Crippen molar-refractivity contribution in [2.24, 2.45) is 0 Å². The molecule has 0 fully saturated rings. The molecule has 0 N–H and O–H groups in total. The van der Waals surface area contributed by atoms with E-state index >= 15 is 0 Å². The minimum absolute atomic E-state index is 0.982. The number of hydrogen-bond donors (Lipinski definition) is 0. The lowest BCUT2D eigenvalue weighted by Crippen LogP contribution is -2.05. The molecule has 0 atom stereocenters. The summed E-state index contributed by atoms with van der Waals surface area (Å²) in [5.41, 5.74) is 24.1. The van der Waals surface area contributed by atoms with Crippen LogP contribution < -0.4 is 0 Å². The van der Waals surface area contributed by atoms with Crippen molar-refractivity contribution in [3.8, 4) is 0 Å². The summed E-state index contributed by atoms with van der Waals surface area (Å²) in [6, 6.07) is 14.8. The highest BCUT2D eigenvalue weighted by Gasteiger charge is 2.30. The van der Waals surface area contributed by atoms with Crippen LogP contribution in [-0.2, 0) is 25.7 Å². The summed E-state index contributed by atoms with van der Waals surface area (Å²) in [5.74, 6) is 0. The second-order valence-electron chi connectivity index (χ2n) is 24.0. The Balaban J connectivity index is 1.61. The zero-order valence-electron chi connectivity index (χ0n) is 50.5. The van der Waals surface area contributed by atoms with Crippen LogP contribution in [-0.4, -0.2) is 4.70 Å². The van der Waals surface area contributed by atoms with Gasteiger partial charge in [-0.1, -0.05) is 310 Å². The molecule has 0 aromatic heterocycles. The molecule has 422 valence electrons. The first kappa shape index (κ1) is 65.8. The molecular formula is C72H124N2. The van der Waals surface area contributed by atoms with E-state index in [1.54, 1.807) is 4.70 Å². The van der Waals surface area contributed by atoms with E-state index in [-0.39, 0.29) is 0 Å². The SMILES string of the molecule is CCCCCCCCCCCCCCCCCCCCc1cc(CCCCCCCCCCCCCCCCCCCC)cc(C2=C(CCCCCCCC)C=C(c3cc(CCCC)cc(CCCC)c3)[N+]2=[N-])c1. The number of unbranched alkanes of at least 4 members (excludes halogenated alkanes) is 41. The monoisotopic (exact) mass is 1020 g/mol. The van der Waals surface area contributed by atoms with Gasteiger partial charge in [-0.15, -0.1) is 0 Å². The van der Waals surface area contributed by atoms with Crippen LogP contribution in [0.2, 0.25) is 0 Å². The minimum Gasteiger partial charge on any atom is -0.493 e. The summed E-state index contributed by atoms with van der Waals surface area (Å²) < 4.78 is 1.63. The number of benzene rings is 2. The molecule has 0 bridgehead atoms. The highest BCUT2D eigenvalue weighted by Crippen LogP contribution is 2.39. The van der Waals surface area contributed by atoms with E-state index < -0.39 is 0 Å². The van der Waals surface area contributed by atoms with Gasteiger partial charge in [0.05, 0.1) is 0 Å². The Hall–Kier alpha value is -2.48. The number of hydrogen-bond acceptors (Lipinski definition) is 0. The fourth-order valence-corrected chi connectivity index (χ4v) is 12.0. The molecule has 2 aromatic carbocycles. The summed E-state index contributed by atoms with van der Waals surface area (Å²) in [5, 5.41) is 0. The highest BCUT2D eigenvalue weighted by atomic mass is 15.2. The lowest BCUT2D eigenvalue weighted by Gasteiger charge is -2.15. The van der Waals surface area contributed by atoms with Gasteiger partial charge in [-0.2, -0.15) is 0 Å². The van der Waals surface area contributed by atoms with E-state index in [2.05, 4.69) is 77.1 Å². The second-order valence-corrected chi connectivity index (χ2v) is 24.0. The molecule has 2 nitrogen and oxygen atoms in total. The van der Waals surface area contributed by atoms with Gasteiger partial charge in [0.1, 0.15) is 0 Å². The first-order chi connectivity index (χ1) is 36.5. The van der Waals surface area contributed by atoms with Gasteiger partial charge in [0.25, 0.3) is 0 Å².